The number of hydrogen-bond donors (Lipinski definition) is 2. The lowest BCUT2D eigenvalue weighted by Crippen LogP contribution is -2.35. The SMILES string of the molecule is NCC1COc2ccc3[nH]c(C(F)(F)F)nc3c2O1. The van der Waals surface area contributed by atoms with Crippen molar-refractivity contribution in [3.63, 3.8) is 0 Å². The zero-order valence-corrected chi connectivity index (χ0v) is 9.62. The van der Waals surface area contributed by atoms with E-state index in [-0.39, 0.29) is 36.0 Å². The fourth-order valence-corrected chi connectivity index (χ4v) is 1.89. The van der Waals surface area contributed by atoms with Gasteiger partial charge in [-0.1, -0.05) is 0 Å². The molecule has 0 fully saturated rings. The maximum absolute atomic E-state index is 12.6. The summed E-state index contributed by atoms with van der Waals surface area (Å²) in [7, 11) is 0. The Balaban J connectivity index is 2.13. The van der Waals surface area contributed by atoms with Crippen LogP contribution in [0.15, 0.2) is 12.1 Å². The highest BCUT2D eigenvalue weighted by Crippen LogP contribution is 2.39. The molecule has 1 unspecified atom stereocenters. The summed E-state index contributed by atoms with van der Waals surface area (Å²) >= 11 is 0. The zero-order chi connectivity index (χ0) is 13.6. The van der Waals surface area contributed by atoms with E-state index in [9.17, 15) is 13.2 Å². The number of rotatable bonds is 1. The van der Waals surface area contributed by atoms with Crippen molar-refractivity contribution in [3.8, 4) is 11.5 Å². The van der Waals surface area contributed by atoms with Crippen LogP contribution in [0, 0.1) is 0 Å². The summed E-state index contributed by atoms with van der Waals surface area (Å²) in [6, 6.07) is 3.02. The van der Waals surface area contributed by atoms with Gasteiger partial charge in [0.05, 0.1) is 5.52 Å². The number of alkyl halides is 3. The predicted octanol–water partition coefficient (Wildman–Crippen LogP) is 1.68. The van der Waals surface area contributed by atoms with E-state index >= 15 is 0 Å². The Kier molecular flexibility index (Phi) is 2.56. The van der Waals surface area contributed by atoms with Crippen LogP contribution in [-0.2, 0) is 6.18 Å². The van der Waals surface area contributed by atoms with Crippen LogP contribution in [-0.4, -0.2) is 29.2 Å². The normalized spacial score (nSPS) is 18.8. The van der Waals surface area contributed by atoms with Crippen molar-refractivity contribution in [1.82, 2.24) is 9.97 Å². The molecule has 1 aliphatic heterocycles. The Hall–Kier alpha value is -1.96. The number of benzene rings is 1. The molecule has 0 amide bonds. The Morgan fingerprint density at radius 3 is 2.89 bits per heavy atom. The first-order chi connectivity index (χ1) is 8.99. The molecule has 1 aliphatic rings. The smallest absolute Gasteiger partial charge is 0.449 e. The molecule has 0 radical (unpaired) electrons. The molecule has 0 aliphatic carbocycles. The number of H-pyrrole nitrogens is 1. The molecule has 102 valence electrons. The average molecular weight is 273 g/mol. The second-order valence-corrected chi connectivity index (χ2v) is 4.16. The monoisotopic (exact) mass is 273 g/mol. The van der Waals surface area contributed by atoms with E-state index < -0.39 is 12.0 Å². The number of aromatic amines is 1. The summed E-state index contributed by atoms with van der Waals surface area (Å²) in [5.74, 6) is -0.488. The van der Waals surface area contributed by atoms with Gasteiger partial charge in [0.1, 0.15) is 18.2 Å². The van der Waals surface area contributed by atoms with Gasteiger partial charge in [-0.3, -0.25) is 0 Å². The molecule has 0 saturated heterocycles. The Morgan fingerprint density at radius 1 is 1.42 bits per heavy atom. The number of hydrogen-bond acceptors (Lipinski definition) is 4. The number of nitrogens with zero attached hydrogens (tertiary/aromatic N) is 1. The van der Waals surface area contributed by atoms with Crippen molar-refractivity contribution in [2.24, 2.45) is 5.73 Å². The molecule has 5 nitrogen and oxygen atoms in total. The molecule has 1 aromatic heterocycles. The van der Waals surface area contributed by atoms with Gasteiger partial charge in [-0.15, -0.1) is 0 Å². The molecule has 0 spiro atoms. The van der Waals surface area contributed by atoms with Gasteiger partial charge in [-0.2, -0.15) is 13.2 Å². The average Bonchev–Trinajstić information content (AvgIpc) is 2.82. The minimum atomic E-state index is -4.53. The van der Waals surface area contributed by atoms with Crippen molar-refractivity contribution in [2.45, 2.75) is 12.3 Å². The first-order valence-corrected chi connectivity index (χ1v) is 5.58. The van der Waals surface area contributed by atoms with Crippen LogP contribution < -0.4 is 15.2 Å². The number of aromatic nitrogens is 2. The van der Waals surface area contributed by atoms with E-state index in [0.717, 1.165) is 0 Å². The highest BCUT2D eigenvalue weighted by atomic mass is 19.4. The highest BCUT2D eigenvalue weighted by Gasteiger charge is 2.36. The lowest BCUT2D eigenvalue weighted by molar-refractivity contribution is -0.144. The molecule has 0 bridgehead atoms. The van der Waals surface area contributed by atoms with Gasteiger partial charge < -0.3 is 20.2 Å². The summed E-state index contributed by atoms with van der Waals surface area (Å²) in [6.45, 7) is 0.484. The second kappa shape index (κ2) is 4.02. The number of imidazole rings is 1. The van der Waals surface area contributed by atoms with E-state index in [2.05, 4.69) is 9.97 Å². The quantitative estimate of drug-likeness (QED) is 0.829. The van der Waals surface area contributed by atoms with E-state index in [1.165, 1.54) is 6.07 Å². The molecule has 2 heterocycles. The third-order valence-corrected chi connectivity index (χ3v) is 2.81. The number of nitrogens with two attached hydrogens (primary N) is 1. The van der Waals surface area contributed by atoms with E-state index in [4.69, 9.17) is 15.2 Å². The standard InChI is InChI=1S/C11H10F3N3O2/c12-11(13,14)10-16-6-1-2-7-9(8(6)17-10)19-5(3-15)4-18-7/h1-2,5H,3-4,15H2,(H,16,17). The first kappa shape index (κ1) is 12.1. The van der Waals surface area contributed by atoms with Crippen LogP contribution in [0.3, 0.4) is 0 Å². The van der Waals surface area contributed by atoms with Crippen molar-refractivity contribution < 1.29 is 22.6 Å². The van der Waals surface area contributed by atoms with Gasteiger partial charge in [0, 0.05) is 6.54 Å². The van der Waals surface area contributed by atoms with E-state index in [1.54, 1.807) is 6.07 Å². The lowest BCUT2D eigenvalue weighted by Gasteiger charge is -2.25. The van der Waals surface area contributed by atoms with Crippen molar-refractivity contribution >= 4 is 11.0 Å². The second-order valence-electron chi connectivity index (χ2n) is 4.16. The summed E-state index contributed by atoms with van der Waals surface area (Å²) in [6.07, 6.45) is -4.92. The van der Waals surface area contributed by atoms with Crippen LogP contribution >= 0.6 is 0 Å². The fraction of sp³-hybridized carbons (Fsp3) is 0.364. The maximum Gasteiger partial charge on any atom is 0.449 e. The molecule has 3 N–H and O–H groups in total. The third-order valence-electron chi connectivity index (χ3n) is 2.81. The number of nitrogens with one attached hydrogen (secondary N) is 1. The molecule has 0 saturated carbocycles. The molecule has 2 aromatic rings. The van der Waals surface area contributed by atoms with Gasteiger partial charge >= 0.3 is 6.18 Å². The maximum atomic E-state index is 12.6. The molecule has 1 aromatic carbocycles. The molecule has 19 heavy (non-hydrogen) atoms. The Morgan fingerprint density at radius 2 is 2.21 bits per heavy atom. The summed E-state index contributed by atoms with van der Waals surface area (Å²) in [5, 5.41) is 0. The molecular formula is C11H10F3N3O2. The van der Waals surface area contributed by atoms with Gasteiger partial charge in [0.25, 0.3) is 0 Å². The first-order valence-electron chi connectivity index (χ1n) is 5.58. The zero-order valence-electron chi connectivity index (χ0n) is 9.62. The highest BCUT2D eigenvalue weighted by molar-refractivity contribution is 5.85. The molecule has 1 atom stereocenters. The molecular weight excluding hydrogens is 263 g/mol. The summed E-state index contributed by atoms with van der Waals surface area (Å²) in [4.78, 5) is 5.76. The Bertz CT molecular complexity index is 623. The minimum absolute atomic E-state index is 0.1000. The molecule has 8 heteroatoms. The van der Waals surface area contributed by atoms with Crippen LogP contribution in [0.1, 0.15) is 5.82 Å². The lowest BCUT2D eigenvalue weighted by atomic mass is 10.2. The van der Waals surface area contributed by atoms with E-state index in [0.29, 0.717) is 5.75 Å². The number of fused-ring (bicyclic) bond motifs is 3. The van der Waals surface area contributed by atoms with Gasteiger partial charge in [0.2, 0.25) is 5.82 Å². The van der Waals surface area contributed by atoms with Crippen LogP contribution in [0.2, 0.25) is 0 Å². The van der Waals surface area contributed by atoms with Crippen molar-refractivity contribution in [3.05, 3.63) is 18.0 Å². The summed E-state index contributed by atoms with van der Waals surface area (Å²) in [5.41, 5.74) is 5.81. The summed E-state index contributed by atoms with van der Waals surface area (Å²) < 4.78 is 48.8. The largest absolute Gasteiger partial charge is 0.486 e. The molecule has 3 rings (SSSR count). The van der Waals surface area contributed by atoms with Crippen molar-refractivity contribution in [2.75, 3.05) is 13.2 Å². The van der Waals surface area contributed by atoms with Crippen LogP contribution in [0.4, 0.5) is 13.2 Å². The van der Waals surface area contributed by atoms with Crippen LogP contribution in [0.5, 0.6) is 11.5 Å². The third kappa shape index (κ3) is 1.97. The van der Waals surface area contributed by atoms with Gasteiger partial charge in [-0.05, 0) is 12.1 Å². The Labute approximate surface area is 105 Å². The van der Waals surface area contributed by atoms with Gasteiger partial charge in [-0.25, -0.2) is 4.98 Å². The predicted molar refractivity (Wildman–Crippen MR) is 60.1 cm³/mol. The fourth-order valence-electron chi connectivity index (χ4n) is 1.89. The number of halogens is 3. The topological polar surface area (TPSA) is 73.2 Å². The van der Waals surface area contributed by atoms with Gasteiger partial charge in [0.15, 0.2) is 11.5 Å². The van der Waals surface area contributed by atoms with E-state index in [1.807, 2.05) is 0 Å². The van der Waals surface area contributed by atoms with Crippen LogP contribution in [0.25, 0.3) is 11.0 Å². The minimum Gasteiger partial charge on any atom is -0.486 e. The van der Waals surface area contributed by atoms with Crippen molar-refractivity contribution in [1.29, 1.82) is 0 Å². The number of ether oxygens (including phenoxy) is 2.